The van der Waals surface area contributed by atoms with E-state index < -0.39 is 0 Å². The number of hydrogen-bond donors (Lipinski definition) is 0. The standard InChI is InChI=1S/C13H14N2O/c14-6-8-15-7-5-10-3-4-12-11(13(10)15)2-1-9-16-12/h3-4H,1-2,5,7-9H2. The SMILES string of the molecule is N#CCN1CCc2ccc3c(c21)CCCO3. The fourth-order valence-corrected chi connectivity index (χ4v) is 2.68. The second kappa shape index (κ2) is 3.71. The maximum atomic E-state index is 8.83. The van der Waals surface area contributed by atoms with E-state index in [1.165, 1.54) is 16.8 Å². The molecular formula is C13H14N2O. The van der Waals surface area contributed by atoms with Gasteiger partial charge in [0.25, 0.3) is 0 Å². The lowest BCUT2D eigenvalue weighted by molar-refractivity contribution is 0.288. The first kappa shape index (κ1) is 9.53. The van der Waals surface area contributed by atoms with Crippen LogP contribution in [-0.2, 0) is 12.8 Å². The summed E-state index contributed by atoms with van der Waals surface area (Å²) in [7, 11) is 0. The molecule has 2 aliphatic rings. The summed E-state index contributed by atoms with van der Waals surface area (Å²) in [4.78, 5) is 2.18. The molecule has 0 spiro atoms. The first-order valence-corrected chi connectivity index (χ1v) is 5.79. The summed E-state index contributed by atoms with van der Waals surface area (Å²) in [5.74, 6) is 1.02. The molecule has 0 saturated heterocycles. The average Bonchev–Trinajstić information content (AvgIpc) is 2.73. The van der Waals surface area contributed by atoms with E-state index in [1.807, 2.05) is 0 Å². The lowest BCUT2D eigenvalue weighted by Gasteiger charge is -2.24. The van der Waals surface area contributed by atoms with Crippen LogP contribution in [0.25, 0.3) is 0 Å². The van der Waals surface area contributed by atoms with Gasteiger partial charge in [0.2, 0.25) is 0 Å². The molecule has 0 aliphatic carbocycles. The van der Waals surface area contributed by atoms with Gasteiger partial charge in [-0.05, 0) is 30.9 Å². The third kappa shape index (κ3) is 1.34. The molecule has 0 unspecified atom stereocenters. The molecule has 0 amide bonds. The molecule has 3 rings (SSSR count). The lowest BCUT2D eigenvalue weighted by atomic mass is 10.0. The van der Waals surface area contributed by atoms with E-state index in [-0.39, 0.29) is 0 Å². The highest BCUT2D eigenvalue weighted by Crippen LogP contribution is 2.39. The highest BCUT2D eigenvalue weighted by Gasteiger charge is 2.25. The van der Waals surface area contributed by atoms with Crippen molar-refractivity contribution in [1.82, 2.24) is 0 Å². The van der Waals surface area contributed by atoms with Crippen LogP contribution in [-0.4, -0.2) is 19.7 Å². The molecule has 0 fully saturated rings. The van der Waals surface area contributed by atoms with Gasteiger partial charge in [-0.15, -0.1) is 0 Å². The molecular weight excluding hydrogens is 200 g/mol. The van der Waals surface area contributed by atoms with Crippen LogP contribution in [0.5, 0.6) is 5.75 Å². The van der Waals surface area contributed by atoms with Crippen molar-refractivity contribution in [2.75, 3.05) is 24.6 Å². The number of anilines is 1. The van der Waals surface area contributed by atoms with Crippen LogP contribution in [0.2, 0.25) is 0 Å². The fraction of sp³-hybridized carbons (Fsp3) is 0.462. The summed E-state index contributed by atoms with van der Waals surface area (Å²) < 4.78 is 5.67. The molecule has 16 heavy (non-hydrogen) atoms. The first-order valence-electron chi connectivity index (χ1n) is 5.79. The molecule has 2 heterocycles. The average molecular weight is 214 g/mol. The maximum Gasteiger partial charge on any atom is 0.124 e. The monoisotopic (exact) mass is 214 g/mol. The van der Waals surface area contributed by atoms with Gasteiger partial charge in [0.05, 0.1) is 12.7 Å². The molecule has 3 nitrogen and oxygen atoms in total. The van der Waals surface area contributed by atoms with Crippen molar-refractivity contribution in [3.05, 3.63) is 23.3 Å². The van der Waals surface area contributed by atoms with E-state index in [0.29, 0.717) is 6.54 Å². The van der Waals surface area contributed by atoms with Gasteiger partial charge in [-0.1, -0.05) is 6.07 Å². The van der Waals surface area contributed by atoms with Gasteiger partial charge in [-0.25, -0.2) is 0 Å². The Hall–Kier alpha value is -1.69. The third-order valence-corrected chi connectivity index (χ3v) is 3.38. The Morgan fingerprint density at radius 2 is 2.31 bits per heavy atom. The molecule has 0 bridgehead atoms. The van der Waals surface area contributed by atoms with E-state index in [9.17, 15) is 0 Å². The maximum absolute atomic E-state index is 8.83. The van der Waals surface area contributed by atoms with E-state index in [4.69, 9.17) is 10.00 Å². The zero-order chi connectivity index (χ0) is 11.0. The van der Waals surface area contributed by atoms with E-state index in [2.05, 4.69) is 23.1 Å². The molecule has 0 saturated carbocycles. The summed E-state index contributed by atoms with van der Waals surface area (Å²) in [6, 6.07) is 6.48. The number of rotatable bonds is 1. The van der Waals surface area contributed by atoms with Crippen LogP contribution in [0.3, 0.4) is 0 Å². The van der Waals surface area contributed by atoms with Crippen molar-refractivity contribution in [2.24, 2.45) is 0 Å². The molecule has 0 atom stereocenters. The van der Waals surface area contributed by atoms with Gasteiger partial charge in [0, 0.05) is 17.8 Å². The number of ether oxygens (including phenoxy) is 1. The van der Waals surface area contributed by atoms with Crippen molar-refractivity contribution >= 4 is 5.69 Å². The summed E-state index contributed by atoms with van der Waals surface area (Å²) >= 11 is 0. The van der Waals surface area contributed by atoms with Crippen LogP contribution in [0.4, 0.5) is 5.69 Å². The van der Waals surface area contributed by atoms with Crippen molar-refractivity contribution in [3.8, 4) is 11.8 Å². The van der Waals surface area contributed by atoms with Crippen LogP contribution in [0.15, 0.2) is 12.1 Å². The number of benzene rings is 1. The first-order chi connectivity index (χ1) is 7.90. The fourth-order valence-electron chi connectivity index (χ4n) is 2.68. The summed E-state index contributed by atoms with van der Waals surface area (Å²) in [5.41, 5.74) is 3.97. The molecule has 0 N–H and O–H groups in total. The largest absolute Gasteiger partial charge is 0.493 e. The molecule has 1 aromatic carbocycles. The molecule has 0 radical (unpaired) electrons. The van der Waals surface area contributed by atoms with Gasteiger partial charge in [0.1, 0.15) is 12.3 Å². The lowest BCUT2D eigenvalue weighted by Crippen LogP contribution is -2.22. The summed E-state index contributed by atoms with van der Waals surface area (Å²) in [6.45, 7) is 2.28. The Morgan fingerprint density at radius 1 is 1.38 bits per heavy atom. The summed E-state index contributed by atoms with van der Waals surface area (Å²) in [6.07, 6.45) is 3.23. The van der Waals surface area contributed by atoms with Crippen molar-refractivity contribution in [2.45, 2.75) is 19.3 Å². The zero-order valence-electron chi connectivity index (χ0n) is 9.20. The van der Waals surface area contributed by atoms with Gasteiger partial charge in [-0.3, -0.25) is 0 Å². The zero-order valence-corrected chi connectivity index (χ0v) is 9.20. The predicted molar refractivity (Wildman–Crippen MR) is 61.8 cm³/mol. The smallest absolute Gasteiger partial charge is 0.124 e. The van der Waals surface area contributed by atoms with E-state index in [0.717, 1.165) is 38.2 Å². The normalized spacial score (nSPS) is 17.3. The van der Waals surface area contributed by atoms with Gasteiger partial charge in [0.15, 0.2) is 0 Å². The number of fused-ring (bicyclic) bond motifs is 3. The van der Waals surface area contributed by atoms with Crippen molar-refractivity contribution in [1.29, 1.82) is 5.26 Å². The van der Waals surface area contributed by atoms with Crippen LogP contribution < -0.4 is 9.64 Å². The minimum absolute atomic E-state index is 0.490. The van der Waals surface area contributed by atoms with Gasteiger partial charge in [-0.2, -0.15) is 5.26 Å². The molecule has 3 heteroatoms. The number of nitrogens with zero attached hydrogens (tertiary/aromatic N) is 2. The Labute approximate surface area is 95.2 Å². The number of nitriles is 1. The summed E-state index contributed by atoms with van der Waals surface area (Å²) in [5, 5.41) is 8.83. The minimum atomic E-state index is 0.490. The Kier molecular flexibility index (Phi) is 2.21. The topological polar surface area (TPSA) is 36.3 Å². The van der Waals surface area contributed by atoms with Crippen molar-refractivity contribution in [3.63, 3.8) is 0 Å². The third-order valence-electron chi connectivity index (χ3n) is 3.38. The van der Waals surface area contributed by atoms with Crippen LogP contribution >= 0.6 is 0 Å². The quantitative estimate of drug-likeness (QED) is 0.670. The predicted octanol–water partition coefficient (Wildman–Crippen LogP) is 1.90. The molecule has 2 aliphatic heterocycles. The van der Waals surface area contributed by atoms with Crippen LogP contribution in [0, 0.1) is 11.3 Å². The van der Waals surface area contributed by atoms with E-state index in [1.54, 1.807) is 0 Å². The second-order valence-corrected chi connectivity index (χ2v) is 4.33. The number of hydrogen-bond acceptors (Lipinski definition) is 3. The molecule has 82 valence electrons. The molecule has 0 aromatic heterocycles. The van der Waals surface area contributed by atoms with E-state index >= 15 is 0 Å². The van der Waals surface area contributed by atoms with Gasteiger partial charge >= 0.3 is 0 Å². The Balaban J connectivity index is 2.08. The van der Waals surface area contributed by atoms with Gasteiger partial charge < -0.3 is 9.64 Å². The molecule has 1 aromatic rings. The minimum Gasteiger partial charge on any atom is -0.493 e. The Morgan fingerprint density at radius 3 is 3.19 bits per heavy atom. The van der Waals surface area contributed by atoms with Crippen LogP contribution in [0.1, 0.15) is 17.5 Å². The van der Waals surface area contributed by atoms with Crippen molar-refractivity contribution < 1.29 is 4.74 Å². The Bertz CT molecular complexity index is 462. The second-order valence-electron chi connectivity index (χ2n) is 4.33. The highest BCUT2D eigenvalue weighted by molar-refractivity contribution is 5.68. The highest BCUT2D eigenvalue weighted by atomic mass is 16.5.